The third kappa shape index (κ3) is 3.35. The van der Waals surface area contributed by atoms with Crippen LogP contribution in [0.25, 0.3) is 11.0 Å². The minimum Gasteiger partial charge on any atom is -0.467 e. The molecule has 3 aromatic heterocycles. The van der Waals surface area contributed by atoms with Crippen LogP contribution in [-0.2, 0) is 6.54 Å². The van der Waals surface area contributed by atoms with E-state index < -0.39 is 11.2 Å². The second kappa shape index (κ2) is 6.67. The van der Waals surface area contributed by atoms with Gasteiger partial charge in [-0.15, -0.1) is 0 Å². The van der Waals surface area contributed by atoms with E-state index in [1.54, 1.807) is 12.1 Å². The molecule has 9 nitrogen and oxygen atoms in total. The lowest BCUT2D eigenvalue weighted by Gasteiger charge is -2.10. The molecule has 0 saturated carbocycles. The predicted molar refractivity (Wildman–Crippen MR) is 89.3 cm³/mol. The Morgan fingerprint density at radius 2 is 2.21 bits per heavy atom. The van der Waals surface area contributed by atoms with Crippen molar-refractivity contribution in [3.8, 4) is 0 Å². The quantitative estimate of drug-likeness (QED) is 0.659. The number of fused-ring (bicyclic) bond motifs is 1. The van der Waals surface area contributed by atoms with Crippen molar-refractivity contribution >= 4 is 17.0 Å². The maximum absolute atomic E-state index is 12.5. The van der Waals surface area contributed by atoms with E-state index in [0.717, 1.165) is 11.1 Å². The van der Waals surface area contributed by atoms with Gasteiger partial charge >= 0.3 is 5.69 Å². The average molecular weight is 330 g/mol. The molecule has 0 saturated heterocycles. The van der Waals surface area contributed by atoms with Gasteiger partial charge in [-0.3, -0.25) is 14.3 Å². The van der Waals surface area contributed by atoms with Crippen molar-refractivity contribution in [2.75, 3.05) is 32.5 Å². The molecule has 3 aromatic rings. The summed E-state index contributed by atoms with van der Waals surface area (Å²) in [7, 11) is 3.92. The zero-order valence-electron chi connectivity index (χ0n) is 13.4. The van der Waals surface area contributed by atoms with Crippen LogP contribution in [0.1, 0.15) is 5.76 Å². The number of furan rings is 1. The van der Waals surface area contributed by atoms with Gasteiger partial charge in [-0.05, 0) is 26.2 Å². The smallest absolute Gasteiger partial charge is 0.330 e. The molecule has 0 atom stereocenters. The summed E-state index contributed by atoms with van der Waals surface area (Å²) < 4.78 is 6.24. The van der Waals surface area contributed by atoms with Gasteiger partial charge in [0.15, 0.2) is 5.65 Å². The fourth-order valence-corrected chi connectivity index (χ4v) is 2.22. The van der Waals surface area contributed by atoms with Crippen molar-refractivity contribution in [2.45, 2.75) is 6.54 Å². The fourth-order valence-electron chi connectivity index (χ4n) is 2.22. The highest BCUT2D eigenvalue weighted by Gasteiger charge is 2.11. The number of aromatic amines is 1. The molecule has 0 amide bonds. The Hall–Kier alpha value is -2.94. The van der Waals surface area contributed by atoms with E-state index in [0.29, 0.717) is 18.3 Å². The lowest BCUT2D eigenvalue weighted by atomic mass is 10.4. The third-order valence-electron chi connectivity index (χ3n) is 3.47. The maximum Gasteiger partial charge on any atom is 0.330 e. The molecule has 3 heterocycles. The Balaban J connectivity index is 1.92. The van der Waals surface area contributed by atoms with Crippen LogP contribution in [0.2, 0.25) is 0 Å². The van der Waals surface area contributed by atoms with Gasteiger partial charge in [0.2, 0.25) is 5.95 Å². The highest BCUT2D eigenvalue weighted by molar-refractivity contribution is 5.73. The molecule has 24 heavy (non-hydrogen) atoms. The van der Waals surface area contributed by atoms with E-state index >= 15 is 0 Å². The summed E-state index contributed by atoms with van der Waals surface area (Å²) in [5.74, 6) is 0.882. The van der Waals surface area contributed by atoms with Crippen molar-refractivity contribution in [3.63, 3.8) is 0 Å². The molecule has 0 aliphatic carbocycles. The Morgan fingerprint density at radius 1 is 1.38 bits per heavy atom. The first-order valence-corrected chi connectivity index (χ1v) is 7.45. The second-order valence-electron chi connectivity index (χ2n) is 5.59. The van der Waals surface area contributed by atoms with E-state index in [9.17, 15) is 9.59 Å². The van der Waals surface area contributed by atoms with E-state index in [1.165, 1.54) is 12.5 Å². The summed E-state index contributed by atoms with van der Waals surface area (Å²) in [6, 6.07) is 3.40. The molecular formula is C15H18N6O3. The van der Waals surface area contributed by atoms with Crippen LogP contribution in [0.5, 0.6) is 0 Å². The molecule has 126 valence electrons. The van der Waals surface area contributed by atoms with Crippen LogP contribution < -0.4 is 16.6 Å². The van der Waals surface area contributed by atoms with Crippen LogP contribution in [0.3, 0.4) is 0 Å². The summed E-state index contributed by atoms with van der Waals surface area (Å²) in [4.78, 5) is 37.6. The SMILES string of the molecule is CN(C)CCNc1ncc2c(=O)n(Cc3ccco3)c(=O)[nH]c2n1. The van der Waals surface area contributed by atoms with Crippen LogP contribution in [0.4, 0.5) is 5.95 Å². The van der Waals surface area contributed by atoms with Gasteiger partial charge in [-0.2, -0.15) is 4.98 Å². The molecule has 0 spiro atoms. The van der Waals surface area contributed by atoms with Gasteiger partial charge in [0.1, 0.15) is 11.1 Å². The van der Waals surface area contributed by atoms with Gasteiger partial charge in [0.05, 0.1) is 12.8 Å². The largest absolute Gasteiger partial charge is 0.467 e. The topological polar surface area (TPSA) is 109 Å². The highest BCUT2D eigenvalue weighted by atomic mass is 16.3. The lowest BCUT2D eigenvalue weighted by Crippen LogP contribution is -2.35. The standard InChI is InChI=1S/C15H18N6O3/c1-20(2)6-5-16-14-17-8-11-12(18-14)19-15(23)21(13(11)22)9-10-4-3-7-24-10/h3-4,7-8H,5-6,9H2,1-2H3,(H2,16,17,18,19,23). The number of nitrogens with zero attached hydrogens (tertiary/aromatic N) is 4. The first-order chi connectivity index (χ1) is 11.5. The molecule has 0 unspecified atom stereocenters. The summed E-state index contributed by atoms with van der Waals surface area (Å²) in [6.07, 6.45) is 2.90. The molecular weight excluding hydrogens is 312 g/mol. The van der Waals surface area contributed by atoms with E-state index in [2.05, 4.69) is 20.3 Å². The van der Waals surface area contributed by atoms with Crippen LogP contribution in [-0.4, -0.2) is 51.6 Å². The minimum absolute atomic E-state index is 0.0555. The number of H-pyrrole nitrogens is 1. The minimum atomic E-state index is -0.540. The number of aromatic nitrogens is 4. The number of rotatable bonds is 6. The molecule has 0 bridgehead atoms. The van der Waals surface area contributed by atoms with E-state index in [4.69, 9.17) is 4.42 Å². The van der Waals surface area contributed by atoms with Crippen LogP contribution >= 0.6 is 0 Å². The molecule has 3 rings (SSSR count). The summed E-state index contributed by atoms with van der Waals surface area (Å²) in [5, 5.41) is 3.30. The number of likely N-dealkylation sites (N-methyl/N-ethyl adjacent to an activating group) is 1. The van der Waals surface area contributed by atoms with Crippen molar-refractivity contribution in [1.29, 1.82) is 0 Å². The molecule has 9 heteroatoms. The Bertz CT molecular complexity index is 942. The number of hydrogen-bond donors (Lipinski definition) is 2. The van der Waals surface area contributed by atoms with Gasteiger partial charge in [-0.25, -0.2) is 9.78 Å². The van der Waals surface area contributed by atoms with Crippen molar-refractivity contribution in [2.24, 2.45) is 0 Å². The second-order valence-corrected chi connectivity index (χ2v) is 5.59. The van der Waals surface area contributed by atoms with Gasteiger partial charge in [0.25, 0.3) is 5.56 Å². The van der Waals surface area contributed by atoms with Gasteiger partial charge in [-0.1, -0.05) is 0 Å². The Morgan fingerprint density at radius 3 is 2.92 bits per heavy atom. The predicted octanol–water partition coefficient (Wildman–Crippen LogP) is 0.0946. The van der Waals surface area contributed by atoms with Gasteiger partial charge in [0, 0.05) is 19.3 Å². The highest BCUT2D eigenvalue weighted by Crippen LogP contribution is 2.05. The van der Waals surface area contributed by atoms with Crippen molar-refractivity contribution in [1.82, 2.24) is 24.4 Å². The van der Waals surface area contributed by atoms with E-state index in [1.807, 2.05) is 19.0 Å². The molecule has 2 N–H and O–H groups in total. The zero-order chi connectivity index (χ0) is 17.1. The molecule has 0 aliphatic rings. The number of anilines is 1. The van der Waals surface area contributed by atoms with Crippen molar-refractivity contribution < 1.29 is 4.42 Å². The summed E-state index contributed by atoms with van der Waals surface area (Å²) >= 11 is 0. The van der Waals surface area contributed by atoms with Crippen molar-refractivity contribution in [3.05, 3.63) is 51.2 Å². The fraction of sp³-hybridized carbons (Fsp3) is 0.333. The molecule has 0 aromatic carbocycles. The maximum atomic E-state index is 12.5. The van der Waals surface area contributed by atoms with E-state index in [-0.39, 0.29) is 17.6 Å². The normalized spacial score (nSPS) is 11.3. The monoisotopic (exact) mass is 330 g/mol. The lowest BCUT2D eigenvalue weighted by molar-refractivity contribution is 0.425. The first kappa shape index (κ1) is 15.9. The number of hydrogen-bond acceptors (Lipinski definition) is 7. The Labute approximate surface area is 137 Å². The first-order valence-electron chi connectivity index (χ1n) is 7.45. The van der Waals surface area contributed by atoms with Crippen LogP contribution in [0, 0.1) is 0 Å². The average Bonchev–Trinajstić information content (AvgIpc) is 3.04. The number of nitrogens with one attached hydrogen (secondary N) is 2. The summed E-state index contributed by atoms with van der Waals surface area (Å²) in [6.45, 7) is 1.51. The Kier molecular flexibility index (Phi) is 4.43. The third-order valence-corrected chi connectivity index (χ3v) is 3.47. The van der Waals surface area contributed by atoms with Crippen LogP contribution in [0.15, 0.2) is 38.6 Å². The summed E-state index contributed by atoms with van der Waals surface area (Å²) in [5.41, 5.74) is -0.783. The molecule has 0 radical (unpaired) electrons. The van der Waals surface area contributed by atoms with Gasteiger partial charge < -0.3 is 14.6 Å². The molecule has 0 fully saturated rings. The molecule has 0 aliphatic heterocycles. The zero-order valence-corrected chi connectivity index (χ0v) is 13.4.